The molecule has 1 saturated heterocycles. The van der Waals surface area contributed by atoms with Gasteiger partial charge >= 0.3 is 0 Å². The van der Waals surface area contributed by atoms with E-state index in [0.29, 0.717) is 92.5 Å². The number of amides is 8. The summed E-state index contributed by atoms with van der Waals surface area (Å²) in [6.45, 7) is 8.85. The number of hydrogen-bond acceptors (Lipinski definition) is 15. The van der Waals surface area contributed by atoms with Crippen LogP contribution in [0, 0.1) is 5.92 Å². The van der Waals surface area contributed by atoms with Gasteiger partial charge in [0, 0.05) is 41.9 Å². The van der Waals surface area contributed by atoms with Gasteiger partial charge in [0.1, 0.15) is 36.3 Å². The lowest BCUT2D eigenvalue weighted by atomic mass is 9.97. The number of benzene rings is 2. The van der Waals surface area contributed by atoms with Crippen molar-refractivity contribution in [1.29, 1.82) is 0 Å². The molecule has 0 bridgehead atoms. The van der Waals surface area contributed by atoms with Gasteiger partial charge in [-0.2, -0.15) is 0 Å². The number of allylic oxidation sites excluding steroid dienone is 3. The van der Waals surface area contributed by atoms with Crippen molar-refractivity contribution in [2.45, 2.75) is 122 Å². The molecule has 1 aliphatic heterocycles. The van der Waals surface area contributed by atoms with Crippen molar-refractivity contribution in [3.63, 3.8) is 0 Å². The molecular weight excluding hydrogens is 1110 g/mol. The molecule has 7 rings (SSSR count). The topological polar surface area (TPSA) is 331 Å². The lowest BCUT2D eigenvalue weighted by molar-refractivity contribution is -0.140. The monoisotopic (exact) mass is 1190 g/mol. The van der Waals surface area contributed by atoms with E-state index < -0.39 is 77.6 Å². The summed E-state index contributed by atoms with van der Waals surface area (Å²) in [6, 6.07) is 11.3. The molecule has 8 amide bonds. The number of pyridine rings is 2. The SMILES string of the molecule is CCc1nc2ccccc2cc1C(=O)N[C@@H](CSSC[C@H](NC(=O)c1cc2ccccc2nc1CC)C(=O)N1CCC[C@H]1C(=O)N[C@@H](CC1=CC=CCC1)C(=O)NCCCN)C(=O)N[C@H](C(=O)N[C@H](C(=O)NCCCN)C(C)C)c1cnc[nH]1. The van der Waals surface area contributed by atoms with E-state index in [0.717, 1.165) is 45.4 Å². The predicted molar refractivity (Wildman–Crippen MR) is 327 cm³/mol. The van der Waals surface area contributed by atoms with E-state index >= 15 is 4.79 Å². The number of aryl methyl sites for hydroxylation is 2. The molecule has 1 fully saturated rings. The van der Waals surface area contributed by atoms with Crippen molar-refractivity contribution in [3.05, 3.63) is 125 Å². The van der Waals surface area contributed by atoms with E-state index in [-0.39, 0.29) is 53.1 Å². The van der Waals surface area contributed by atoms with E-state index in [1.54, 1.807) is 26.0 Å². The van der Waals surface area contributed by atoms with E-state index in [1.807, 2.05) is 80.6 Å². The van der Waals surface area contributed by atoms with E-state index in [4.69, 9.17) is 21.4 Å². The quantitative estimate of drug-likeness (QED) is 0.0230. The molecule has 84 heavy (non-hydrogen) atoms. The zero-order chi connectivity index (χ0) is 60.1. The van der Waals surface area contributed by atoms with Gasteiger partial charge in [-0.1, -0.05) is 109 Å². The highest BCUT2D eigenvalue weighted by molar-refractivity contribution is 8.76. The fourth-order valence-corrected chi connectivity index (χ4v) is 12.3. The molecule has 4 heterocycles. The summed E-state index contributed by atoms with van der Waals surface area (Å²) in [7, 11) is 2.28. The summed E-state index contributed by atoms with van der Waals surface area (Å²) >= 11 is 0. The van der Waals surface area contributed by atoms with Crippen molar-refractivity contribution >= 4 is 90.7 Å². The second-order valence-corrected chi connectivity index (χ2v) is 23.5. The summed E-state index contributed by atoms with van der Waals surface area (Å²) in [4.78, 5) is 133. The average Bonchev–Trinajstić information content (AvgIpc) is 4.27. The molecule has 5 aromatic rings. The Hall–Kier alpha value is -7.67. The van der Waals surface area contributed by atoms with Crippen molar-refractivity contribution in [2.24, 2.45) is 17.4 Å². The Morgan fingerprint density at radius 3 is 1.87 bits per heavy atom. The summed E-state index contributed by atoms with van der Waals surface area (Å²) in [6.07, 6.45) is 13.1. The zero-order valence-corrected chi connectivity index (χ0v) is 49.7. The second kappa shape index (κ2) is 31.8. The third-order valence-electron chi connectivity index (χ3n) is 14.6. The first-order chi connectivity index (χ1) is 40.6. The van der Waals surface area contributed by atoms with E-state index in [9.17, 15) is 33.6 Å². The highest BCUT2D eigenvalue weighted by Gasteiger charge is 2.40. The molecule has 3 aromatic heterocycles. The maximum Gasteiger partial charge on any atom is 0.253 e. The largest absolute Gasteiger partial charge is 0.354 e. The number of nitrogens with two attached hydrogens (primary N) is 2. The summed E-state index contributed by atoms with van der Waals surface area (Å²) < 4.78 is 0. The Morgan fingerprint density at radius 1 is 0.714 bits per heavy atom. The highest BCUT2D eigenvalue weighted by Crippen LogP contribution is 2.28. The van der Waals surface area contributed by atoms with Crippen LogP contribution in [0.2, 0.25) is 0 Å². The van der Waals surface area contributed by atoms with Crippen molar-refractivity contribution in [3.8, 4) is 0 Å². The first-order valence-corrected chi connectivity index (χ1v) is 31.3. The second-order valence-electron chi connectivity index (χ2n) is 21.0. The number of carbonyl (C=O) groups excluding carboxylic acids is 8. The highest BCUT2D eigenvalue weighted by atomic mass is 33.1. The van der Waals surface area contributed by atoms with Gasteiger partial charge in [-0.05, 0) is 101 Å². The molecular formula is C60H78N14O8S2. The van der Waals surface area contributed by atoms with E-state index in [2.05, 4.69) is 47.2 Å². The molecule has 448 valence electrons. The zero-order valence-electron chi connectivity index (χ0n) is 48.0. The number of aromatic nitrogens is 4. The van der Waals surface area contributed by atoms with Gasteiger partial charge in [-0.3, -0.25) is 48.3 Å². The molecule has 12 N–H and O–H groups in total. The third kappa shape index (κ3) is 17.2. The van der Waals surface area contributed by atoms with Crippen LogP contribution in [0.25, 0.3) is 21.8 Å². The molecule has 6 atom stereocenters. The fourth-order valence-electron chi connectivity index (χ4n) is 9.95. The van der Waals surface area contributed by atoms with Gasteiger partial charge < -0.3 is 58.6 Å². The van der Waals surface area contributed by atoms with Crippen LogP contribution in [-0.2, 0) is 41.6 Å². The van der Waals surface area contributed by atoms with Crippen LogP contribution in [0.4, 0.5) is 0 Å². The van der Waals surface area contributed by atoms with Gasteiger partial charge in [0.05, 0.1) is 51.8 Å². The minimum atomic E-state index is -1.41. The summed E-state index contributed by atoms with van der Waals surface area (Å²) in [5.74, 6) is -5.05. The first-order valence-electron chi connectivity index (χ1n) is 28.8. The lowest BCUT2D eigenvalue weighted by Crippen LogP contribution is -2.57. The van der Waals surface area contributed by atoms with Gasteiger partial charge in [-0.15, -0.1) is 0 Å². The van der Waals surface area contributed by atoms with Crippen molar-refractivity contribution in [1.82, 2.24) is 62.1 Å². The maximum absolute atomic E-state index is 15.1. The lowest BCUT2D eigenvalue weighted by Gasteiger charge is -2.30. The molecule has 0 spiro atoms. The third-order valence-corrected chi connectivity index (χ3v) is 17.0. The summed E-state index contributed by atoms with van der Waals surface area (Å²) in [5.41, 5.74) is 15.5. The summed E-state index contributed by atoms with van der Waals surface area (Å²) in [5, 5.41) is 21.5. The Kier molecular flexibility index (Phi) is 24.2. The average molecular weight is 1190 g/mol. The van der Waals surface area contributed by atoms with Crippen LogP contribution in [0.1, 0.15) is 116 Å². The first kappa shape index (κ1) is 63.9. The number of para-hydroxylation sites is 2. The Labute approximate surface area is 497 Å². The van der Waals surface area contributed by atoms with Crippen LogP contribution in [0.5, 0.6) is 0 Å². The molecule has 1 aliphatic carbocycles. The number of imidazole rings is 1. The molecule has 24 heteroatoms. The van der Waals surface area contributed by atoms with Gasteiger partial charge in [-0.25, -0.2) is 4.98 Å². The number of fused-ring (bicyclic) bond motifs is 2. The fraction of sp³-hybridized carbons (Fsp3) is 0.450. The standard InChI is InChI=1S/C60H78N14O8S2/c1-5-42-40(30-38-19-10-12-21-44(38)67-42)53(75)70-48(56(78)73-52(47-32-63-35-66-47)59(81)72-51(36(3)4)58(80)65-27-16-25-62)33-83-84-34-49(71-54(76)41-31-39-20-11-13-22-45(39)68-43(41)6-2)60(82)74-28-14-23-50(74)57(79)69-46(55(77)64-26-15-24-61)29-37-17-8-7-9-18-37/h7-8,10-13,17,19-22,30-32,35-36,46,48-52H,5-6,9,14-16,18,23-29,33-34,61-62H2,1-4H3,(H,63,66)(H,64,77)(H,65,80)(H,69,79)(H,70,75)(H,71,76)(H,72,81)(H,73,78)/t46-,48-,49-,50-,51-,52-/m0/s1. The van der Waals surface area contributed by atoms with Crippen LogP contribution in [0.15, 0.2) is 97.0 Å². The number of carbonyl (C=O) groups is 8. The Bertz CT molecular complexity index is 3190. The Balaban J connectivity index is 1.16. The molecule has 0 radical (unpaired) electrons. The van der Waals surface area contributed by atoms with E-state index in [1.165, 1.54) is 17.4 Å². The molecule has 0 unspecified atom stereocenters. The van der Waals surface area contributed by atoms with Gasteiger partial charge in [0.2, 0.25) is 35.4 Å². The number of likely N-dealkylation sites (tertiary alicyclic amines) is 1. The van der Waals surface area contributed by atoms with Crippen molar-refractivity contribution < 1.29 is 38.4 Å². The van der Waals surface area contributed by atoms with Gasteiger partial charge in [0.15, 0.2) is 0 Å². The maximum atomic E-state index is 15.1. The molecule has 0 saturated carbocycles. The van der Waals surface area contributed by atoms with Crippen LogP contribution < -0.4 is 48.7 Å². The van der Waals surface area contributed by atoms with Crippen LogP contribution >= 0.6 is 21.6 Å². The smallest absolute Gasteiger partial charge is 0.253 e. The minimum absolute atomic E-state index is 0.0730. The minimum Gasteiger partial charge on any atom is -0.354 e. The number of H-pyrrole nitrogens is 1. The van der Waals surface area contributed by atoms with Crippen LogP contribution in [-0.4, -0.2) is 147 Å². The number of rotatable bonds is 30. The number of nitrogens with zero attached hydrogens (tertiary/aromatic N) is 4. The van der Waals surface area contributed by atoms with Crippen molar-refractivity contribution in [2.75, 3.05) is 44.2 Å². The van der Waals surface area contributed by atoms with Crippen LogP contribution in [0.3, 0.4) is 0 Å². The normalized spacial score (nSPS) is 15.8. The molecule has 22 nitrogen and oxygen atoms in total. The molecule has 2 aromatic carbocycles. The number of aromatic amines is 1. The van der Waals surface area contributed by atoms with Gasteiger partial charge in [0.25, 0.3) is 11.8 Å². The number of nitrogens with one attached hydrogen (secondary N) is 8. The predicted octanol–water partition coefficient (Wildman–Crippen LogP) is 3.98. The molecule has 2 aliphatic rings. The Morgan fingerprint density at radius 2 is 1.31 bits per heavy atom. The number of hydrogen-bond donors (Lipinski definition) is 10.